The molecule has 0 heterocycles. The van der Waals surface area contributed by atoms with Crippen molar-refractivity contribution in [2.45, 2.75) is 92.0 Å². The number of phosphoric ester groups is 4. The highest BCUT2D eigenvalue weighted by Crippen LogP contribution is 2.61. The first-order chi connectivity index (χ1) is 31.5. The summed E-state index contributed by atoms with van der Waals surface area (Å²) in [6.45, 7) is -4.13. The molecule has 6 atom stereocenters. The van der Waals surface area contributed by atoms with Gasteiger partial charge in [-0.05, 0) is 0 Å². The van der Waals surface area contributed by atoms with Crippen LogP contribution in [0, 0.1) is 0 Å². The molecule has 1 aliphatic carbocycles. The van der Waals surface area contributed by atoms with Gasteiger partial charge in [0.15, 0.2) is 0 Å². The Kier molecular flexibility index (Phi) is 27.4. The molecule has 2 N–H and O–H groups in total. The van der Waals surface area contributed by atoms with Crippen LogP contribution in [0.5, 0.6) is 0 Å². The molecule has 6 unspecified atom stereocenters. The molecule has 0 radical (unpaired) electrons. The summed E-state index contributed by atoms with van der Waals surface area (Å²) in [7, 11) is -22.8. The van der Waals surface area contributed by atoms with E-state index in [1.54, 1.807) is 0 Å². The van der Waals surface area contributed by atoms with Crippen LogP contribution in [0.15, 0.2) is 0 Å². The Bertz CT molecular complexity index is 1690. The van der Waals surface area contributed by atoms with E-state index in [-0.39, 0.29) is 0 Å². The number of hydrogen-bond acceptors (Lipinski definition) is 34. The van der Waals surface area contributed by atoms with E-state index >= 15 is 0 Å². The van der Waals surface area contributed by atoms with Gasteiger partial charge in [0.05, 0.1) is 0 Å². The number of carbonyl (C=O) groups excluding carboxylic acids is 8. The molecule has 0 spiro atoms. The number of rotatable bonds is 32. The minimum absolute atomic E-state index is 0.834. The van der Waals surface area contributed by atoms with Crippen LogP contribution >= 0.6 is 31.3 Å². The Balaban J connectivity index is 4.43. The summed E-state index contributed by atoms with van der Waals surface area (Å²) < 4.78 is 155. The molecule has 68 heavy (non-hydrogen) atoms. The third-order valence-electron chi connectivity index (χ3n) is 6.78. The molecule has 1 aliphatic rings. The van der Waals surface area contributed by atoms with Crippen LogP contribution < -0.4 is 0 Å². The molecular weight excluding hydrogens is 1030 g/mol. The molecule has 1 saturated carbocycles. The number of ether oxygens (including phenoxy) is 8. The second kappa shape index (κ2) is 30.0. The Hall–Kier alpha value is -3.88. The summed E-state index contributed by atoms with van der Waals surface area (Å²) in [6, 6.07) is 0. The molecule has 1 rings (SSSR count). The topological polar surface area (TPSA) is 430 Å². The summed E-state index contributed by atoms with van der Waals surface area (Å²) in [5.41, 5.74) is 0. The molecule has 0 amide bonds. The third-order valence-corrected chi connectivity index (χ3v) is 12.2. The second-order valence-corrected chi connectivity index (χ2v) is 18.6. The zero-order chi connectivity index (χ0) is 51.9. The van der Waals surface area contributed by atoms with Gasteiger partial charge in [-0.1, -0.05) is 0 Å². The number of carbonyl (C=O) groups is 8. The van der Waals surface area contributed by atoms with Gasteiger partial charge in [0.25, 0.3) is 0 Å². The highest BCUT2D eigenvalue weighted by Gasteiger charge is 2.61. The minimum Gasteiger partial charge on any atom is -0.438 e. The van der Waals surface area contributed by atoms with Crippen molar-refractivity contribution in [1.82, 2.24) is 0 Å². The van der Waals surface area contributed by atoms with E-state index < -0.39 is 170 Å². The van der Waals surface area contributed by atoms with E-state index in [1.807, 2.05) is 0 Å². The fraction of sp³-hybridized carbons (Fsp3) is 0.733. The van der Waals surface area contributed by atoms with Crippen molar-refractivity contribution in [1.29, 1.82) is 0 Å². The molecule has 0 aliphatic heterocycles. The van der Waals surface area contributed by atoms with Crippen LogP contribution in [0.2, 0.25) is 0 Å². The van der Waals surface area contributed by atoms with E-state index in [0.717, 1.165) is 55.4 Å². The maximum atomic E-state index is 14.4. The maximum absolute atomic E-state index is 14.4. The molecule has 1 fully saturated rings. The first-order valence-electron chi connectivity index (χ1n) is 18.3. The van der Waals surface area contributed by atoms with E-state index in [9.17, 15) is 66.8 Å². The molecular formula is C30H48O34P4. The van der Waals surface area contributed by atoms with Crippen LogP contribution in [0.1, 0.15) is 55.4 Å². The van der Waals surface area contributed by atoms with Crippen molar-refractivity contribution in [2.24, 2.45) is 0 Å². The van der Waals surface area contributed by atoms with Gasteiger partial charge in [-0.3, -0.25) is 56.5 Å². The lowest BCUT2D eigenvalue weighted by atomic mass is 9.85. The Morgan fingerprint density at radius 2 is 0.426 bits per heavy atom. The molecule has 0 aromatic rings. The van der Waals surface area contributed by atoms with Crippen molar-refractivity contribution in [3.8, 4) is 0 Å². The third kappa shape index (κ3) is 25.1. The van der Waals surface area contributed by atoms with Crippen molar-refractivity contribution >= 4 is 79.0 Å². The van der Waals surface area contributed by atoms with Gasteiger partial charge in [-0.2, -0.15) is 0 Å². The van der Waals surface area contributed by atoms with Crippen molar-refractivity contribution in [3.05, 3.63) is 0 Å². The van der Waals surface area contributed by atoms with Crippen LogP contribution in [0.3, 0.4) is 0 Å². The van der Waals surface area contributed by atoms with Gasteiger partial charge in [-0.25, -0.2) is 54.5 Å². The van der Waals surface area contributed by atoms with Crippen molar-refractivity contribution in [3.63, 3.8) is 0 Å². The summed E-state index contributed by atoms with van der Waals surface area (Å²) in [6.07, 6.45) is -17.3. The Morgan fingerprint density at radius 1 is 0.294 bits per heavy atom. The van der Waals surface area contributed by atoms with Crippen molar-refractivity contribution in [2.75, 3.05) is 54.3 Å². The van der Waals surface area contributed by atoms with Crippen molar-refractivity contribution < 1.29 is 159 Å². The first kappa shape index (κ1) is 62.1. The molecule has 34 nitrogen and oxygen atoms in total. The van der Waals surface area contributed by atoms with E-state index in [1.165, 1.54) is 0 Å². The molecule has 0 saturated heterocycles. The number of phosphoric acid groups is 4. The van der Waals surface area contributed by atoms with Crippen LogP contribution in [0.4, 0.5) is 0 Å². The number of aliphatic hydroxyl groups excluding tert-OH is 2. The largest absolute Gasteiger partial charge is 0.481 e. The van der Waals surface area contributed by atoms with Crippen LogP contribution in [0.25, 0.3) is 0 Å². The zero-order valence-corrected chi connectivity index (χ0v) is 40.4. The van der Waals surface area contributed by atoms with Gasteiger partial charge >= 0.3 is 79.0 Å². The van der Waals surface area contributed by atoms with Crippen LogP contribution in [-0.2, 0) is 149 Å². The summed E-state index contributed by atoms with van der Waals surface area (Å²) >= 11 is 0. The monoisotopic (exact) mass is 1080 g/mol. The fourth-order valence-corrected chi connectivity index (χ4v) is 8.42. The van der Waals surface area contributed by atoms with Gasteiger partial charge in [0, 0.05) is 55.4 Å². The number of esters is 8. The molecule has 0 aromatic heterocycles. The average molecular weight is 1080 g/mol. The number of hydrogen-bond donors (Lipinski definition) is 2. The van der Waals surface area contributed by atoms with Gasteiger partial charge in [0.1, 0.15) is 36.6 Å². The first-order valence-corrected chi connectivity index (χ1v) is 24.1. The van der Waals surface area contributed by atoms with Gasteiger partial charge < -0.3 is 48.1 Å². The highest BCUT2D eigenvalue weighted by atomic mass is 31.2. The summed E-state index contributed by atoms with van der Waals surface area (Å²) in [5.74, 6) is -8.73. The second-order valence-electron chi connectivity index (χ2n) is 12.1. The molecule has 0 bridgehead atoms. The minimum atomic E-state index is -5.75. The van der Waals surface area contributed by atoms with E-state index in [2.05, 4.69) is 37.9 Å². The van der Waals surface area contributed by atoms with Gasteiger partial charge in [0.2, 0.25) is 54.3 Å². The SMILES string of the molecule is CC(=O)OCOP(=O)(OCOC(C)=O)OC1C(O)C(O)C(OP(=O)(OCOC(C)=O)OCOC(C)=O)C(OP(=O)(OCOC(C)=O)OCOC(C)=O)C1OP(=O)(OCOC(C)=O)OCOC(C)=O. The molecule has 392 valence electrons. The van der Waals surface area contributed by atoms with E-state index in [4.69, 9.17) is 54.3 Å². The van der Waals surface area contributed by atoms with Gasteiger partial charge in [-0.15, -0.1) is 0 Å². The summed E-state index contributed by atoms with van der Waals surface area (Å²) in [4.78, 5) is 92.7. The normalized spacial score (nSPS) is 19.7. The summed E-state index contributed by atoms with van der Waals surface area (Å²) in [5, 5.41) is 23.4. The highest BCUT2D eigenvalue weighted by molar-refractivity contribution is 7.49. The quantitative estimate of drug-likeness (QED) is 0.0410. The predicted molar refractivity (Wildman–Crippen MR) is 204 cm³/mol. The smallest absolute Gasteiger partial charge is 0.438 e. The lowest BCUT2D eigenvalue weighted by Gasteiger charge is -2.47. The Morgan fingerprint density at radius 3 is 0.559 bits per heavy atom. The van der Waals surface area contributed by atoms with E-state index in [0.29, 0.717) is 0 Å². The molecule has 38 heteroatoms. The number of aliphatic hydroxyl groups is 2. The fourth-order valence-electron chi connectivity index (χ4n) is 4.02. The average Bonchev–Trinajstić information content (AvgIpc) is 3.18. The molecule has 0 aromatic carbocycles. The Labute approximate surface area is 384 Å². The maximum Gasteiger partial charge on any atom is 0.481 e. The lowest BCUT2D eigenvalue weighted by molar-refractivity contribution is -0.219. The lowest BCUT2D eigenvalue weighted by Crippen LogP contribution is -2.65. The standard InChI is InChI=1S/C30H48O34P4/c1-17(31)45-9-53-65(41,54-10-46-18(2)32)61-27-25(39)26(40)28(62-66(42,55-11-47-19(3)33)56-12-48-20(4)34)30(64-68(44,59-15-51-23(7)37)60-16-52-24(8)38)29(27)63-67(43,57-13-49-21(5)35)58-14-50-22(6)36/h25-30,39-40H,9-16H2,1-8H3. The zero-order valence-electron chi connectivity index (χ0n) is 36.9. The predicted octanol–water partition coefficient (Wildman–Crippen LogP) is 0.993. The van der Waals surface area contributed by atoms with Crippen LogP contribution in [-0.4, -0.2) is 149 Å².